The van der Waals surface area contributed by atoms with Gasteiger partial charge in [0.2, 0.25) is 5.95 Å². The lowest BCUT2D eigenvalue weighted by molar-refractivity contribution is 0.669. The summed E-state index contributed by atoms with van der Waals surface area (Å²) in [5, 5.41) is 4.56. The normalized spacial score (nSPS) is 12.4. The van der Waals surface area contributed by atoms with E-state index in [-0.39, 0.29) is 0 Å². The molecule has 3 aromatic heterocycles. The van der Waals surface area contributed by atoms with Gasteiger partial charge in [-0.25, -0.2) is 4.98 Å². The van der Waals surface area contributed by atoms with Crippen LogP contribution >= 0.6 is 0 Å². The van der Waals surface area contributed by atoms with Crippen molar-refractivity contribution in [1.82, 2.24) is 19.5 Å². The highest BCUT2D eigenvalue weighted by molar-refractivity contribution is 6.26. The first-order valence-corrected chi connectivity index (χ1v) is 15.0. The lowest BCUT2D eigenvalue weighted by atomic mass is 10.1. The van der Waals surface area contributed by atoms with Crippen LogP contribution in [0.5, 0.6) is 0 Å². The first-order valence-electron chi connectivity index (χ1n) is 15.0. The predicted octanol–water partition coefficient (Wildman–Crippen LogP) is 9.99. The standard InChI is InChI=1S/C39H23N5O/c1-3-12-24(13-4-1)37-40-38(25-14-5-2-6-15-25)42-39(41-37)43-29-18-8-9-19-30(29)44-35-26(17-11-20-31(35)43)27-22-23-33-34(36(27)44)28-16-7-10-21-32(28)45-33/h1-23H. The van der Waals surface area contributed by atoms with Crippen LogP contribution < -0.4 is 4.90 Å². The molecule has 0 spiro atoms. The Labute approximate surface area is 257 Å². The molecule has 4 heterocycles. The fraction of sp³-hybridized carbons (Fsp3) is 0. The van der Waals surface area contributed by atoms with Crippen LogP contribution in [0.25, 0.3) is 72.2 Å². The van der Waals surface area contributed by atoms with E-state index in [1.165, 1.54) is 5.39 Å². The van der Waals surface area contributed by atoms with E-state index in [9.17, 15) is 0 Å². The second kappa shape index (κ2) is 9.11. The SMILES string of the molecule is c1ccc(-c2nc(-c3ccccc3)nc(N3c4ccccc4-n4c5c3cccc5c3ccc5oc6ccccc6c5c34)n2)cc1. The average molecular weight is 578 g/mol. The topological polar surface area (TPSA) is 60.0 Å². The Kier molecular flexibility index (Phi) is 4.90. The zero-order valence-corrected chi connectivity index (χ0v) is 23.9. The van der Waals surface area contributed by atoms with Crippen LogP contribution in [0.2, 0.25) is 0 Å². The molecule has 1 aliphatic heterocycles. The number of fused-ring (bicyclic) bond motifs is 9. The molecule has 0 N–H and O–H groups in total. The Morgan fingerprint density at radius 3 is 1.78 bits per heavy atom. The van der Waals surface area contributed by atoms with Crippen molar-refractivity contribution in [3.63, 3.8) is 0 Å². The summed E-state index contributed by atoms with van der Waals surface area (Å²) in [6, 6.07) is 47.7. The molecule has 1 aliphatic rings. The summed E-state index contributed by atoms with van der Waals surface area (Å²) in [5.74, 6) is 1.82. The van der Waals surface area contributed by atoms with Crippen molar-refractivity contribution < 1.29 is 4.42 Å². The Morgan fingerprint density at radius 1 is 0.422 bits per heavy atom. The van der Waals surface area contributed by atoms with Gasteiger partial charge in [-0.3, -0.25) is 4.90 Å². The van der Waals surface area contributed by atoms with E-state index >= 15 is 0 Å². The minimum Gasteiger partial charge on any atom is -0.456 e. The van der Waals surface area contributed by atoms with E-state index in [0.29, 0.717) is 17.6 Å². The monoisotopic (exact) mass is 577 g/mol. The van der Waals surface area contributed by atoms with E-state index in [0.717, 1.165) is 66.5 Å². The number of anilines is 3. The van der Waals surface area contributed by atoms with Crippen LogP contribution in [0.4, 0.5) is 17.3 Å². The van der Waals surface area contributed by atoms with Gasteiger partial charge in [0, 0.05) is 27.3 Å². The fourth-order valence-corrected chi connectivity index (χ4v) is 6.85. The first kappa shape index (κ1) is 24.2. The highest BCUT2D eigenvalue weighted by atomic mass is 16.3. The van der Waals surface area contributed by atoms with Crippen molar-refractivity contribution >= 4 is 61.1 Å². The lowest BCUT2D eigenvalue weighted by Crippen LogP contribution is -2.21. The second-order valence-electron chi connectivity index (χ2n) is 11.3. The van der Waals surface area contributed by atoms with Gasteiger partial charge in [0.05, 0.1) is 33.5 Å². The highest BCUT2D eigenvalue weighted by Crippen LogP contribution is 2.51. The molecule has 6 heteroatoms. The van der Waals surface area contributed by atoms with Crippen LogP contribution in [0, 0.1) is 0 Å². The number of hydrogen-bond donors (Lipinski definition) is 0. The average Bonchev–Trinajstić information content (AvgIpc) is 3.66. The van der Waals surface area contributed by atoms with Crippen molar-refractivity contribution in [3.8, 4) is 28.5 Å². The zero-order chi connectivity index (χ0) is 29.5. The van der Waals surface area contributed by atoms with Crippen molar-refractivity contribution in [3.05, 3.63) is 140 Å². The molecule has 210 valence electrons. The number of nitrogens with zero attached hydrogens (tertiary/aromatic N) is 5. The maximum absolute atomic E-state index is 6.34. The maximum atomic E-state index is 6.34. The molecule has 45 heavy (non-hydrogen) atoms. The molecule has 10 rings (SSSR count). The summed E-state index contributed by atoms with van der Waals surface area (Å²) in [6.07, 6.45) is 0. The Bertz CT molecular complexity index is 2550. The van der Waals surface area contributed by atoms with E-state index in [4.69, 9.17) is 19.4 Å². The molecule has 0 atom stereocenters. The highest BCUT2D eigenvalue weighted by Gasteiger charge is 2.31. The third-order valence-electron chi connectivity index (χ3n) is 8.76. The molecule has 0 radical (unpaired) electrons. The molecule has 0 saturated carbocycles. The second-order valence-corrected chi connectivity index (χ2v) is 11.3. The fourth-order valence-electron chi connectivity index (χ4n) is 6.85. The van der Waals surface area contributed by atoms with Crippen LogP contribution in [0.1, 0.15) is 0 Å². The summed E-state index contributed by atoms with van der Waals surface area (Å²) in [6.45, 7) is 0. The number of aromatic nitrogens is 4. The molecule has 0 bridgehead atoms. The molecule has 6 aromatic carbocycles. The van der Waals surface area contributed by atoms with Crippen molar-refractivity contribution in [2.75, 3.05) is 4.90 Å². The largest absolute Gasteiger partial charge is 0.456 e. The third-order valence-corrected chi connectivity index (χ3v) is 8.76. The number of hydrogen-bond acceptors (Lipinski definition) is 5. The molecule has 0 fully saturated rings. The van der Waals surface area contributed by atoms with Crippen molar-refractivity contribution in [2.45, 2.75) is 0 Å². The van der Waals surface area contributed by atoms with Gasteiger partial charge in [0.1, 0.15) is 11.2 Å². The summed E-state index contributed by atoms with van der Waals surface area (Å²) in [7, 11) is 0. The molecule has 0 unspecified atom stereocenters. The van der Waals surface area contributed by atoms with Gasteiger partial charge in [-0.15, -0.1) is 0 Å². The lowest BCUT2D eigenvalue weighted by Gasteiger charge is -2.31. The van der Waals surface area contributed by atoms with Gasteiger partial charge in [0.25, 0.3) is 0 Å². The number of rotatable bonds is 3. The summed E-state index contributed by atoms with van der Waals surface area (Å²) >= 11 is 0. The Hall–Kier alpha value is -6.27. The Balaban J connectivity index is 1.33. The Morgan fingerprint density at radius 2 is 1.02 bits per heavy atom. The van der Waals surface area contributed by atoms with Gasteiger partial charge < -0.3 is 8.98 Å². The summed E-state index contributed by atoms with van der Waals surface area (Å²) in [5.41, 5.74) is 8.92. The van der Waals surface area contributed by atoms with Crippen LogP contribution in [-0.2, 0) is 0 Å². The van der Waals surface area contributed by atoms with E-state index in [2.05, 4.69) is 76.2 Å². The van der Waals surface area contributed by atoms with Crippen LogP contribution in [-0.4, -0.2) is 19.5 Å². The smallest absolute Gasteiger partial charge is 0.238 e. The predicted molar refractivity (Wildman–Crippen MR) is 181 cm³/mol. The van der Waals surface area contributed by atoms with Gasteiger partial charge >= 0.3 is 0 Å². The van der Waals surface area contributed by atoms with Gasteiger partial charge in [-0.05, 0) is 36.4 Å². The number of para-hydroxylation sites is 4. The molecule has 0 amide bonds. The molecular formula is C39H23N5O. The molecular weight excluding hydrogens is 554 g/mol. The summed E-state index contributed by atoms with van der Waals surface area (Å²) in [4.78, 5) is 17.4. The molecule has 9 aromatic rings. The molecule has 0 aliphatic carbocycles. The van der Waals surface area contributed by atoms with Gasteiger partial charge in [0.15, 0.2) is 11.6 Å². The quantitative estimate of drug-likeness (QED) is 0.209. The maximum Gasteiger partial charge on any atom is 0.238 e. The van der Waals surface area contributed by atoms with Crippen molar-refractivity contribution in [1.29, 1.82) is 0 Å². The van der Waals surface area contributed by atoms with Crippen molar-refractivity contribution in [2.24, 2.45) is 0 Å². The number of benzene rings is 6. The van der Waals surface area contributed by atoms with E-state index in [1.807, 2.05) is 72.8 Å². The minimum absolute atomic E-state index is 0.568. The first-order chi connectivity index (χ1) is 22.3. The van der Waals surface area contributed by atoms with Gasteiger partial charge in [-0.2, -0.15) is 9.97 Å². The minimum atomic E-state index is 0.568. The van der Waals surface area contributed by atoms with Crippen LogP contribution in [0.15, 0.2) is 144 Å². The van der Waals surface area contributed by atoms with Crippen LogP contribution in [0.3, 0.4) is 0 Å². The van der Waals surface area contributed by atoms with E-state index < -0.39 is 0 Å². The van der Waals surface area contributed by atoms with E-state index in [1.54, 1.807) is 0 Å². The zero-order valence-electron chi connectivity index (χ0n) is 23.9. The summed E-state index contributed by atoms with van der Waals surface area (Å²) < 4.78 is 8.74. The van der Waals surface area contributed by atoms with Gasteiger partial charge in [-0.1, -0.05) is 103 Å². The number of furan rings is 1. The third kappa shape index (κ3) is 3.42. The molecule has 6 nitrogen and oxygen atoms in total. The molecule has 0 saturated heterocycles.